The highest BCUT2D eigenvalue weighted by atomic mass is 19.4. The van der Waals surface area contributed by atoms with Crippen molar-refractivity contribution in [3.05, 3.63) is 60.4 Å². The van der Waals surface area contributed by atoms with E-state index in [1.54, 1.807) is 30.6 Å². The lowest BCUT2D eigenvalue weighted by molar-refractivity contribution is -0.274. The van der Waals surface area contributed by atoms with Crippen molar-refractivity contribution in [2.45, 2.75) is 19.7 Å². The van der Waals surface area contributed by atoms with E-state index in [-0.39, 0.29) is 11.7 Å². The fourth-order valence-electron chi connectivity index (χ4n) is 2.71. The molecule has 1 N–H and O–H groups in total. The number of fused-ring (bicyclic) bond motifs is 1. The van der Waals surface area contributed by atoms with E-state index in [2.05, 4.69) is 15.0 Å². The smallest absolute Gasteiger partial charge is 0.406 e. The van der Waals surface area contributed by atoms with E-state index < -0.39 is 6.36 Å². The van der Waals surface area contributed by atoms with Crippen molar-refractivity contribution in [1.29, 1.82) is 0 Å². The van der Waals surface area contributed by atoms with Gasteiger partial charge in [0, 0.05) is 35.5 Å². The van der Waals surface area contributed by atoms with Gasteiger partial charge in [-0.25, -0.2) is 0 Å². The Morgan fingerprint density at radius 1 is 1.11 bits per heavy atom. The third-order valence-electron chi connectivity index (χ3n) is 3.96. The molecule has 0 aliphatic heterocycles. The van der Waals surface area contributed by atoms with Gasteiger partial charge in [0.05, 0.1) is 0 Å². The predicted molar refractivity (Wildman–Crippen MR) is 96.5 cm³/mol. The normalized spacial score (nSPS) is 11.4. The van der Waals surface area contributed by atoms with Crippen LogP contribution in [0.5, 0.6) is 5.75 Å². The second-order valence-electron chi connectivity index (χ2n) is 5.95. The first-order chi connectivity index (χ1) is 12.9. The molecule has 0 aliphatic carbocycles. The molecule has 0 saturated carbocycles. The Kier molecular flexibility index (Phi) is 5.30. The maximum Gasteiger partial charge on any atom is 0.573 e. The summed E-state index contributed by atoms with van der Waals surface area (Å²) in [5.74, 6) is -0.463. The zero-order chi connectivity index (χ0) is 19.4. The number of ether oxygens (including phenoxy) is 1. The maximum atomic E-state index is 12.3. The maximum absolute atomic E-state index is 12.3. The molecule has 27 heavy (non-hydrogen) atoms. The van der Waals surface area contributed by atoms with E-state index in [9.17, 15) is 18.0 Å². The molecular weight excluding hydrogens is 357 g/mol. The van der Waals surface area contributed by atoms with Crippen LogP contribution in [-0.2, 0) is 0 Å². The number of hydrogen-bond acceptors (Lipinski definition) is 3. The lowest BCUT2D eigenvalue weighted by atomic mass is 9.99. The van der Waals surface area contributed by atoms with Gasteiger partial charge in [-0.15, -0.1) is 13.2 Å². The van der Waals surface area contributed by atoms with Crippen LogP contribution in [0, 0.1) is 0 Å². The summed E-state index contributed by atoms with van der Waals surface area (Å²) >= 11 is 0. The lowest BCUT2D eigenvalue weighted by Gasteiger charge is -2.11. The molecule has 0 saturated heterocycles. The highest BCUT2D eigenvalue weighted by molar-refractivity contribution is 6.02. The number of rotatable bonds is 5. The quantitative estimate of drug-likeness (QED) is 0.688. The monoisotopic (exact) mass is 374 g/mol. The molecule has 4 nitrogen and oxygen atoms in total. The number of pyridine rings is 1. The van der Waals surface area contributed by atoms with Crippen LogP contribution < -0.4 is 10.1 Å². The molecule has 0 unspecified atom stereocenters. The van der Waals surface area contributed by atoms with Gasteiger partial charge in [0.2, 0.25) is 0 Å². The van der Waals surface area contributed by atoms with Crippen molar-refractivity contribution >= 4 is 16.7 Å². The third-order valence-corrected chi connectivity index (χ3v) is 3.96. The molecule has 1 amide bonds. The average molecular weight is 374 g/mol. The lowest BCUT2D eigenvalue weighted by Crippen LogP contribution is -2.23. The second-order valence-corrected chi connectivity index (χ2v) is 5.95. The molecule has 7 heteroatoms. The molecular formula is C20H17F3N2O2. The molecule has 0 aliphatic rings. The van der Waals surface area contributed by atoms with Crippen molar-refractivity contribution in [2.24, 2.45) is 0 Å². The summed E-state index contributed by atoms with van der Waals surface area (Å²) in [7, 11) is 0. The molecule has 1 aromatic heterocycles. The van der Waals surface area contributed by atoms with Crippen molar-refractivity contribution in [1.82, 2.24) is 10.3 Å². The van der Waals surface area contributed by atoms with Crippen molar-refractivity contribution in [2.75, 3.05) is 6.54 Å². The van der Waals surface area contributed by atoms with E-state index in [1.807, 2.05) is 6.92 Å². The Balaban J connectivity index is 1.97. The van der Waals surface area contributed by atoms with E-state index in [1.165, 1.54) is 24.3 Å². The van der Waals surface area contributed by atoms with Gasteiger partial charge < -0.3 is 10.1 Å². The Hall–Kier alpha value is -3.09. The van der Waals surface area contributed by atoms with Crippen molar-refractivity contribution in [3.63, 3.8) is 0 Å². The van der Waals surface area contributed by atoms with E-state index in [0.717, 1.165) is 22.8 Å². The minimum absolute atomic E-state index is 0.171. The number of halogens is 3. The topological polar surface area (TPSA) is 51.2 Å². The minimum Gasteiger partial charge on any atom is -0.406 e. The molecule has 0 spiro atoms. The van der Waals surface area contributed by atoms with Crippen LogP contribution in [0.15, 0.2) is 54.9 Å². The SMILES string of the molecule is CCCNC(=O)c1ccc2cncc(-c3ccc(OC(F)(F)F)cc3)c2c1. The fourth-order valence-corrected chi connectivity index (χ4v) is 2.71. The highest BCUT2D eigenvalue weighted by Gasteiger charge is 2.31. The number of amides is 1. The van der Waals surface area contributed by atoms with Gasteiger partial charge in [0.25, 0.3) is 5.91 Å². The van der Waals surface area contributed by atoms with Crippen LogP contribution in [0.3, 0.4) is 0 Å². The molecule has 3 rings (SSSR count). The van der Waals surface area contributed by atoms with Crippen LogP contribution in [-0.4, -0.2) is 23.8 Å². The number of alkyl halides is 3. The fraction of sp³-hybridized carbons (Fsp3) is 0.200. The van der Waals surface area contributed by atoms with Gasteiger partial charge in [-0.2, -0.15) is 0 Å². The van der Waals surface area contributed by atoms with Crippen molar-refractivity contribution < 1.29 is 22.7 Å². The zero-order valence-corrected chi connectivity index (χ0v) is 14.5. The van der Waals surface area contributed by atoms with Gasteiger partial charge in [0.1, 0.15) is 5.75 Å². The largest absolute Gasteiger partial charge is 0.573 e. The van der Waals surface area contributed by atoms with Crippen LogP contribution in [0.2, 0.25) is 0 Å². The molecule has 0 radical (unpaired) electrons. The molecule has 0 fully saturated rings. The summed E-state index contributed by atoms with van der Waals surface area (Å²) in [6.07, 6.45) is -0.604. The van der Waals surface area contributed by atoms with Crippen molar-refractivity contribution in [3.8, 4) is 16.9 Å². The van der Waals surface area contributed by atoms with Crippen LogP contribution in [0.4, 0.5) is 13.2 Å². The van der Waals surface area contributed by atoms with Gasteiger partial charge in [-0.05, 0) is 41.6 Å². The molecule has 2 aromatic carbocycles. The highest BCUT2D eigenvalue weighted by Crippen LogP contribution is 2.31. The van der Waals surface area contributed by atoms with Gasteiger partial charge in [-0.3, -0.25) is 9.78 Å². The van der Waals surface area contributed by atoms with E-state index in [0.29, 0.717) is 17.7 Å². The Morgan fingerprint density at radius 3 is 2.52 bits per heavy atom. The third kappa shape index (κ3) is 4.55. The summed E-state index contributed by atoms with van der Waals surface area (Å²) in [6, 6.07) is 10.8. The summed E-state index contributed by atoms with van der Waals surface area (Å²) in [6.45, 7) is 2.55. The number of benzene rings is 2. The number of hydrogen-bond donors (Lipinski definition) is 1. The standard InChI is InChI=1S/C20H17F3N2O2/c1-2-9-25-19(26)14-3-4-15-11-24-12-18(17(15)10-14)13-5-7-16(8-6-13)27-20(21,22)23/h3-8,10-12H,2,9H2,1H3,(H,25,26). The Labute approximate surface area is 154 Å². The number of nitrogens with one attached hydrogen (secondary N) is 1. The van der Waals surface area contributed by atoms with Crippen LogP contribution >= 0.6 is 0 Å². The predicted octanol–water partition coefficient (Wildman–Crippen LogP) is 4.94. The first-order valence-electron chi connectivity index (χ1n) is 8.39. The number of carbonyl (C=O) groups is 1. The second kappa shape index (κ2) is 7.65. The average Bonchev–Trinajstić information content (AvgIpc) is 2.64. The summed E-state index contributed by atoms with van der Waals surface area (Å²) in [4.78, 5) is 16.4. The number of aromatic nitrogens is 1. The summed E-state index contributed by atoms with van der Waals surface area (Å²) in [5, 5.41) is 4.44. The summed E-state index contributed by atoms with van der Waals surface area (Å²) < 4.78 is 40.8. The van der Waals surface area contributed by atoms with Gasteiger partial charge in [-0.1, -0.05) is 25.1 Å². The van der Waals surface area contributed by atoms with Gasteiger partial charge >= 0.3 is 6.36 Å². The van der Waals surface area contributed by atoms with Crippen LogP contribution in [0.25, 0.3) is 21.9 Å². The minimum atomic E-state index is -4.73. The van der Waals surface area contributed by atoms with E-state index in [4.69, 9.17) is 0 Å². The molecule has 3 aromatic rings. The Morgan fingerprint density at radius 2 is 1.85 bits per heavy atom. The Bertz CT molecular complexity index is 954. The zero-order valence-electron chi connectivity index (χ0n) is 14.5. The number of carbonyl (C=O) groups excluding carboxylic acids is 1. The first kappa shape index (κ1) is 18.7. The molecule has 1 heterocycles. The molecule has 140 valence electrons. The van der Waals surface area contributed by atoms with E-state index >= 15 is 0 Å². The molecule has 0 atom stereocenters. The van der Waals surface area contributed by atoms with Crippen LogP contribution in [0.1, 0.15) is 23.7 Å². The molecule has 0 bridgehead atoms. The number of nitrogens with zero attached hydrogens (tertiary/aromatic N) is 1. The first-order valence-corrected chi connectivity index (χ1v) is 8.39. The summed E-state index contributed by atoms with van der Waals surface area (Å²) in [5.41, 5.74) is 1.91. The van der Waals surface area contributed by atoms with Gasteiger partial charge in [0.15, 0.2) is 0 Å².